The van der Waals surface area contributed by atoms with Gasteiger partial charge in [0.25, 0.3) is 5.56 Å². The Kier molecular flexibility index (Phi) is 6.57. The number of nitrogens with zero attached hydrogens (tertiary/aromatic N) is 4. The number of aromatic nitrogens is 1. The molecule has 2 amide bonds. The molecule has 2 bridgehead atoms. The zero-order chi connectivity index (χ0) is 26.5. The van der Waals surface area contributed by atoms with E-state index in [1.165, 1.54) is 9.80 Å². The molecule has 1 aromatic heterocycles. The van der Waals surface area contributed by atoms with Gasteiger partial charge in [-0.3, -0.25) is 24.2 Å². The first-order valence-corrected chi connectivity index (χ1v) is 12.8. The smallest absolute Gasteiger partial charge is 0.250 e. The number of likely N-dealkylation sites (tertiary alicyclic amines) is 1. The molecule has 0 unspecified atom stereocenters. The minimum atomic E-state index is -1.38. The molecule has 2 fully saturated rings. The van der Waals surface area contributed by atoms with Crippen LogP contribution in [0, 0.1) is 11.3 Å². The maximum absolute atomic E-state index is 14.0. The van der Waals surface area contributed by atoms with Crippen molar-refractivity contribution in [3.63, 3.8) is 0 Å². The molecule has 0 spiro atoms. The van der Waals surface area contributed by atoms with E-state index >= 15 is 0 Å². The fourth-order valence-corrected chi connectivity index (χ4v) is 6.47. The van der Waals surface area contributed by atoms with Gasteiger partial charge < -0.3 is 18.9 Å². The lowest BCUT2D eigenvalue weighted by molar-refractivity contribution is -0.157. The van der Waals surface area contributed by atoms with Crippen molar-refractivity contribution in [2.45, 2.75) is 25.3 Å². The number of carbonyl (C=O) groups is 2. The number of piperidine rings is 1. The van der Waals surface area contributed by atoms with Gasteiger partial charge in [-0.1, -0.05) is 12.1 Å². The third kappa shape index (κ3) is 4.21. The van der Waals surface area contributed by atoms with E-state index in [1.807, 2.05) is 22.8 Å². The molecule has 0 N–H and O–H groups in total. The second-order valence-corrected chi connectivity index (χ2v) is 10.7. The molecule has 0 saturated carbocycles. The number of methoxy groups -OCH3 is 2. The molecule has 9 nitrogen and oxygen atoms in total. The largest absolute Gasteiger partial charge is 0.497 e. The summed E-state index contributed by atoms with van der Waals surface area (Å²) < 4.78 is 12.8. The van der Waals surface area contributed by atoms with Gasteiger partial charge >= 0.3 is 0 Å². The van der Waals surface area contributed by atoms with Gasteiger partial charge in [0.2, 0.25) is 11.8 Å². The normalized spacial score (nSPS) is 23.2. The molecule has 4 heterocycles. The Morgan fingerprint density at radius 2 is 1.70 bits per heavy atom. The molecular formula is C27H32N4O5S. The van der Waals surface area contributed by atoms with E-state index in [4.69, 9.17) is 21.7 Å². The molecule has 3 aliphatic heterocycles. The molecule has 37 heavy (non-hydrogen) atoms. The van der Waals surface area contributed by atoms with Gasteiger partial charge in [-0.05, 0) is 42.3 Å². The summed E-state index contributed by atoms with van der Waals surface area (Å²) in [5, 5.41) is 0.191. The first kappa shape index (κ1) is 25.4. The summed E-state index contributed by atoms with van der Waals surface area (Å²) in [7, 11) is 6.39. The zero-order valence-electron chi connectivity index (χ0n) is 21.6. The Balaban J connectivity index is 1.53. The summed E-state index contributed by atoms with van der Waals surface area (Å²) in [5.41, 5.74) is 0.415. The highest BCUT2D eigenvalue weighted by Gasteiger charge is 2.56. The van der Waals surface area contributed by atoms with Crippen LogP contribution in [0.25, 0.3) is 0 Å². The third-order valence-electron chi connectivity index (χ3n) is 8.04. The van der Waals surface area contributed by atoms with Crippen molar-refractivity contribution in [1.82, 2.24) is 19.3 Å². The first-order chi connectivity index (χ1) is 17.7. The van der Waals surface area contributed by atoms with E-state index in [1.54, 1.807) is 46.5 Å². The molecule has 196 valence electrons. The van der Waals surface area contributed by atoms with Crippen molar-refractivity contribution in [1.29, 1.82) is 0 Å². The predicted octanol–water partition coefficient (Wildman–Crippen LogP) is 1.73. The zero-order valence-corrected chi connectivity index (χ0v) is 22.4. The Hall–Kier alpha value is -3.24. The van der Waals surface area contributed by atoms with Crippen LogP contribution in [-0.4, -0.2) is 84.1 Å². The fraction of sp³-hybridized carbons (Fsp3) is 0.481. The Morgan fingerprint density at radius 3 is 2.38 bits per heavy atom. The SMILES string of the molecule is COc1ccc(CC2(CN3C[C@H]4C[C@@H](C3)c3cccc(=O)n3C4)C(=O)N(C)C(=S)N(C)C2=O)c(OC)c1. The molecule has 2 atom stereocenters. The van der Waals surface area contributed by atoms with E-state index in [0.29, 0.717) is 31.1 Å². The number of rotatable bonds is 6. The second kappa shape index (κ2) is 9.57. The number of benzene rings is 1. The van der Waals surface area contributed by atoms with E-state index in [2.05, 4.69) is 4.90 Å². The highest BCUT2D eigenvalue weighted by atomic mass is 32.1. The van der Waals surface area contributed by atoms with E-state index in [0.717, 1.165) is 17.7 Å². The number of ether oxygens (including phenoxy) is 2. The highest BCUT2D eigenvalue weighted by molar-refractivity contribution is 7.80. The van der Waals surface area contributed by atoms with Crippen molar-refractivity contribution in [2.75, 3.05) is 47.9 Å². The lowest BCUT2D eigenvalue weighted by atomic mass is 9.75. The maximum Gasteiger partial charge on any atom is 0.250 e. The van der Waals surface area contributed by atoms with Crippen LogP contribution < -0.4 is 15.0 Å². The summed E-state index contributed by atoms with van der Waals surface area (Å²) in [5.74, 6) is 0.992. The van der Waals surface area contributed by atoms with Gasteiger partial charge in [0.05, 0.1) is 14.2 Å². The van der Waals surface area contributed by atoms with Crippen molar-refractivity contribution in [2.24, 2.45) is 11.3 Å². The van der Waals surface area contributed by atoms with Gasteiger partial charge in [0, 0.05) is 70.4 Å². The summed E-state index contributed by atoms with van der Waals surface area (Å²) in [6.07, 6.45) is 1.15. The Labute approximate surface area is 221 Å². The molecule has 2 aromatic rings. The number of thiocarbonyl (C=S) groups is 1. The van der Waals surface area contributed by atoms with E-state index in [9.17, 15) is 14.4 Å². The van der Waals surface area contributed by atoms with Gasteiger partial charge in [0.1, 0.15) is 16.9 Å². The molecule has 0 radical (unpaired) electrons. The Morgan fingerprint density at radius 1 is 0.973 bits per heavy atom. The van der Waals surface area contributed by atoms with Crippen molar-refractivity contribution >= 4 is 29.1 Å². The first-order valence-electron chi connectivity index (χ1n) is 12.4. The second-order valence-electron chi connectivity index (χ2n) is 10.3. The van der Waals surface area contributed by atoms with Crippen LogP contribution in [0.15, 0.2) is 41.2 Å². The average Bonchev–Trinajstić information content (AvgIpc) is 2.90. The minimum Gasteiger partial charge on any atom is -0.497 e. The van der Waals surface area contributed by atoms with Crippen LogP contribution >= 0.6 is 12.2 Å². The monoisotopic (exact) mass is 524 g/mol. The van der Waals surface area contributed by atoms with Gasteiger partial charge in [0.15, 0.2) is 5.11 Å². The number of hydrogen-bond acceptors (Lipinski definition) is 7. The van der Waals surface area contributed by atoms with Gasteiger partial charge in [-0.2, -0.15) is 0 Å². The van der Waals surface area contributed by atoms with E-state index in [-0.39, 0.29) is 47.3 Å². The predicted molar refractivity (Wildman–Crippen MR) is 142 cm³/mol. The van der Waals surface area contributed by atoms with Crippen LogP contribution in [0.4, 0.5) is 0 Å². The average molecular weight is 525 g/mol. The van der Waals surface area contributed by atoms with Crippen LogP contribution in [-0.2, 0) is 22.6 Å². The number of fused-ring (bicyclic) bond motifs is 4. The summed E-state index contributed by atoms with van der Waals surface area (Å²) in [6, 6.07) is 10.8. The van der Waals surface area contributed by atoms with Crippen LogP contribution in [0.1, 0.15) is 23.6 Å². The summed E-state index contributed by atoms with van der Waals surface area (Å²) in [4.78, 5) is 45.4. The van der Waals surface area contributed by atoms with Crippen molar-refractivity contribution in [3.05, 3.63) is 58.0 Å². The molecular weight excluding hydrogens is 492 g/mol. The number of hydrogen-bond donors (Lipinski definition) is 0. The highest BCUT2D eigenvalue weighted by Crippen LogP contribution is 2.40. The molecule has 1 aromatic carbocycles. The Bertz CT molecular complexity index is 1300. The molecule has 5 rings (SSSR count). The topological polar surface area (TPSA) is 84.3 Å². The molecule has 2 saturated heterocycles. The lowest BCUT2D eigenvalue weighted by Gasteiger charge is -2.48. The number of pyridine rings is 1. The standard InChI is InChI=1S/C27H32N4O5S/c1-28-24(33)27(25(34)29(2)26(28)37,12-18-8-9-20(35-3)11-22(18)36-4)16-30-13-17-10-19(15-30)21-6-5-7-23(32)31(21)14-17/h5-9,11,17,19H,10,12-16H2,1-4H3/t17-,19+/m1/s1. The summed E-state index contributed by atoms with van der Waals surface area (Å²) >= 11 is 5.40. The minimum absolute atomic E-state index is 0.0260. The molecule has 3 aliphatic rings. The number of carbonyl (C=O) groups excluding carboxylic acids is 2. The van der Waals surface area contributed by atoms with Crippen LogP contribution in [0.3, 0.4) is 0 Å². The van der Waals surface area contributed by atoms with Crippen LogP contribution in [0.2, 0.25) is 0 Å². The van der Waals surface area contributed by atoms with Crippen molar-refractivity contribution in [3.8, 4) is 11.5 Å². The lowest BCUT2D eigenvalue weighted by Crippen LogP contribution is -2.67. The van der Waals surface area contributed by atoms with Crippen LogP contribution in [0.5, 0.6) is 11.5 Å². The maximum atomic E-state index is 14.0. The molecule has 0 aliphatic carbocycles. The fourth-order valence-electron chi connectivity index (χ4n) is 6.30. The van der Waals surface area contributed by atoms with Gasteiger partial charge in [-0.25, -0.2) is 0 Å². The van der Waals surface area contributed by atoms with Crippen molar-refractivity contribution < 1.29 is 19.1 Å². The quantitative estimate of drug-likeness (QED) is 0.420. The van der Waals surface area contributed by atoms with E-state index < -0.39 is 5.41 Å². The summed E-state index contributed by atoms with van der Waals surface area (Å²) in [6.45, 7) is 2.27. The third-order valence-corrected chi connectivity index (χ3v) is 8.58. The van der Waals surface area contributed by atoms with Gasteiger partial charge in [-0.15, -0.1) is 0 Å². The molecule has 10 heteroatoms. The number of amides is 2.